The van der Waals surface area contributed by atoms with Crippen molar-refractivity contribution in [3.05, 3.63) is 53.1 Å². The van der Waals surface area contributed by atoms with E-state index in [1.165, 1.54) is 10.9 Å². The number of aliphatic hydroxyl groups excluding tert-OH is 2. The fourth-order valence-corrected chi connectivity index (χ4v) is 8.60. The van der Waals surface area contributed by atoms with E-state index < -0.39 is 51.6 Å². The molecule has 13 nitrogen and oxygen atoms in total. The molecule has 0 saturated carbocycles. The number of hydrogen-bond acceptors (Lipinski definition) is 9. The van der Waals surface area contributed by atoms with E-state index in [1.54, 1.807) is 0 Å². The summed E-state index contributed by atoms with van der Waals surface area (Å²) in [6.45, 7) is 4.07. The molecule has 4 aromatic rings. The standard InChI is InChI=1S/C24H28ClN5O8P2/c1-12-3-4-13(2)16-9-14(5-6-15(12)16)27-21-18-22(29-24(25)28-21)30(10-26-18)23-20(32)19(31)17(38-23)7-8-39(33,34)11-40(35,36)37/h3-6,9-10,17,19-20,23,31-32H,7-8,11H2,1-2H3,(H,33,34)(H,27,28,29)(H2,35,36,37)/t17-,19+,20?,23-/m1/s1. The Bertz CT molecular complexity index is 1700. The quantitative estimate of drug-likeness (QED) is 0.125. The number of halogens is 1. The van der Waals surface area contributed by atoms with Gasteiger partial charge in [-0.15, -0.1) is 0 Å². The first-order valence-electron chi connectivity index (χ1n) is 12.3. The van der Waals surface area contributed by atoms with Crippen LogP contribution in [0, 0.1) is 13.8 Å². The summed E-state index contributed by atoms with van der Waals surface area (Å²) in [6, 6.07) is 10.0. The zero-order valence-electron chi connectivity index (χ0n) is 21.4. The van der Waals surface area contributed by atoms with Gasteiger partial charge in [0.05, 0.1) is 12.4 Å². The van der Waals surface area contributed by atoms with Crippen LogP contribution in [0.25, 0.3) is 21.9 Å². The summed E-state index contributed by atoms with van der Waals surface area (Å²) < 4.78 is 30.5. The van der Waals surface area contributed by atoms with Crippen molar-refractivity contribution in [3.63, 3.8) is 0 Å². The normalized spacial score (nSPS) is 23.1. The molecule has 2 aromatic heterocycles. The molecule has 0 bridgehead atoms. The maximum Gasteiger partial charge on any atom is 0.335 e. The van der Waals surface area contributed by atoms with E-state index in [4.69, 9.17) is 26.1 Å². The predicted molar refractivity (Wildman–Crippen MR) is 149 cm³/mol. The Morgan fingerprint density at radius 2 is 1.73 bits per heavy atom. The highest BCUT2D eigenvalue weighted by Gasteiger charge is 2.45. The Morgan fingerprint density at radius 1 is 1.02 bits per heavy atom. The Morgan fingerprint density at radius 3 is 2.42 bits per heavy atom. The fourth-order valence-electron chi connectivity index (χ4n) is 4.91. The third-order valence-corrected chi connectivity index (χ3v) is 11.3. The Kier molecular flexibility index (Phi) is 7.82. The van der Waals surface area contributed by atoms with E-state index in [9.17, 15) is 24.2 Å². The molecule has 0 aliphatic carbocycles. The van der Waals surface area contributed by atoms with Gasteiger partial charge in [0.15, 0.2) is 23.2 Å². The second-order valence-electron chi connectivity index (χ2n) is 9.96. The minimum atomic E-state index is -4.72. The monoisotopic (exact) mass is 611 g/mol. The molecule has 5 rings (SSSR count). The van der Waals surface area contributed by atoms with E-state index in [-0.39, 0.29) is 17.4 Å². The van der Waals surface area contributed by atoms with Crippen molar-refractivity contribution in [1.82, 2.24) is 19.5 Å². The summed E-state index contributed by atoms with van der Waals surface area (Å²) in [5.41, 5.74) is 3.53. The highest BCUT2D eigenvalue weighted by molar-refractivity contribution is 7.72. The van der Waals surface area contributed by atoms with Gasteiger partial charge < -0.3 is 34.9 Å². The molecule has 2 aromatic carbocycles. The van der Waals surface area contributed by atoms with E-state index in [1.807, 2.05) is 32.0 Å². The number of nitrogens with zero attached hydrogens (tertiary/aromatic N) is 4. The van der Waals surface area contributed by atoms with E-state index >= 15 is 0 Å². The number of rotatable bonds is 8. The summed E-state index contributed by atoms with van der Waals surface area (Å²) in [5, 5.41) is 26.6. The Balaban J connectivity index is 1.41. The van der Waals surface area contributed by atoms with Crippen molar-refractivity contribution in [2.24, 2.45) is 0 Å². The fraction of sp³-hybridized carbons (Fsp3) is 0.375. The van der Waals surface area contributed by atoms with E-state index in [0.29, 0.717) is 11.3 Å². The van der Waals surface area contributed by atoms with Crippen LogP contribution in [0.4, 0.5) is 11.5 Å². The molecule has 16 heteroatoms. The zero-order chi connectivity index (χ0) is 29.0. The minimum Gasteiger partial charge on any atom is -0.388 e. The van der Waals surface area contributed by atoms with Crippen LogP contribution in [-0.2, 0) is 13.9 Å². The number of nitrogens with one attached hydrogen (secondary N) is 1. The molecule has 5 atom stereocenters. The molecular formula is C24H28ClN5O8P2. The number of benzene rings is 2. The molecule has 3 heterocycles. The zero-order valence-corrected chi connectivity index (χ0v) is 24.0. The van der Waals surface area contributed by atoms with Crippen LogP contribution < -0.4 is 5.32 Å². The molecule has 40 heavy (non-hydrogen) atoms. The topological polar surface area (TPSA) is 200 Å². The van der Waals surface area contributed by atoms with Crippen molar-refractivity contribution in [2.75, 3.05) is 17.4 Å². The van der Waals surface area contributed by atoms with Gasteiger partial charge in [0.2, 0.25) is 12.7 Å². The summed E-state index contributed by atoms with van der Waals surface area (Å²) in [4.78, 5) is 40.9. The lowest BCUT2D eigenvalue weighted by molar-refractivity contribution is -0.0354. The van der Waals surface area contributed by atoms with Crippen LogP contribution in [0.15, 0.2) is 36.7 Å². The highest BCUT2D eigenvalue weighted by Crippen LogP contribution is 2.55. The van der Waals surface area contributed by atoms with Gasteiger partial charge in [-0.1, -0.05) is 18.2 Å². The summed E-state index contributed by atoms with van der Waals surface area (Å²) in [7, 11) is -8.92. The molecule has 0 amide bonds. The number of aliphatic hydroxyl groups is 2. The van der Waals surface area contributed by atoms with Crippen molar-refractivity contribution in [3.8, 4) is 0 Å². The number of hydrogen-bond donors (Lipinski definition) is 6. The lowest BCUT2D eigenvalue weighted by Gasteiger charge is -2.18. The molecule has 6 N–H and O–H groups in total. The van der Waals surface area contributed by atoms with Crippen molar-refractivity contribution in [2.45, 2.75) is 44.8 Å². The number of fused-ring (bicyclic) bond motifs is 2. The largest absolute Gasteiger partial charge is 0.388 e. The van der Waals surface area contributed by atoms with Crippen LogP contribution in [0.2, 0.25) is 5.28 Å². The van der Waals surface area contributed by atoms with Crippen molar-refractivity contribution < 1.29 is 38.8 Å². The molecule has 1 aliphatic heterocycles. The first kappa shape index (κ1) is 29.1. The van der Waals surface area contributed by atoms with E-state index in [0.717, 1.165) is 27.6 Å². The molecule has 1 aliphatic rings. The number of aryl methyl sites for hydroxylation is 2. The second-order valence-corrected chi connectivity index (χ2v) is 14.9. The summed E-state index contributed by atoms with van der Waals surface area (Å²) in [5.74, 6) is -0.871. The average Bonchev–Trinajstić information content (AvgIpc) is 3.39. The second kappa shape index (κ2) is 10.8. The molecule has 1 fully saturated rings. The Labute approximate surface area is 233 Å². The van der Waals surface area contributed by atoms with Crippen LogP contribution in [0.3, 0.4) is 0 Å². The number of imidazole rings is 1. The van der Waals surface area contributed by atoms with Gasteiger partial charge in [0, 0.05) is 11.8 Å². The number of ether oxygens (including phenoxy) is 1. The van der Waals surface area contributed by atoms with Gasteiger partial charge in [-0.05, 0) is 65.9 Å². The van der Waals surface area contributed by atoms with E-state index in [2.05, 4.69) is 32.4 Å². The van der Waals surface area contributed by atoms with Crippen LogP contribution in [0.1, 0.15) is 23.8 Å². The van der Waals surface area contributed by atoms with Crippen LogP contribution >= 0.6 is 26.6 Å². The van der Waals surface area contributed by atoms with Crippen molar-refractivity contribution in [1.29, 1.82) is 0 Å². The minimum absolute atomic E-state index is 0.104. The molecule has 2 unspecified atom stereocenters. The Hall–Kier alpha value is -2.44. The molecule has 0 spiro atoms. The first-order chi connectivity index (χ1) is 18.7. The predicted octanol–water partition coefficient (Wildman–Crippen LogP) is 3.41. The van der Waals surface area contributed by atoms with Gasteiger partial charge in [-0.2, -0.15) is 9.97 Å². The summed E-state index contributed by atoms with van der Waals surface area (Å²) in [6.07, 6.45) is -4.56. The van der Waals surface area contributed by atoms with Gasteiger partial charge in [-0.3, -0.25) is 13.7 Å². The smallest absolute Gasteiger partial charge is 0.335 e. The maximum atomic E-state index is 12.2. The van der Waals surface area contributed by atoms with Crippen LogP contribution in [-0.4, -0.2) is 74.8 Å². The first-order valence-corrected chi connectivity index (χ1v) is 16.5. The SMILES string of the molecule is Cc1ccc(C)c2cc(Nc3nc(Cl)nc4c3ncn4[C@@H]3O[C@H](CCP(=O)(O)CP(=O)(O)O)[C@H](O)C3O)ccc12. The van der Waals surface area contributed by atoms with Gasteiger partial charge in [0.1, 0.15) is 18.1 Å². The molecule has 1 saturated heterocycles. The molecule has 0 radical (unpaired) electrons. The number of anilines is 2. The van der Waals surface area contributed by atoms with Crippen LogP contribution in [0.5, 0.6) is 0 Å². The summed E-state index contributed by atoms with van der Waals surface area (Å²) >= 11 is 6.23. The highest BCUT2D eigenvalue weighted by atomic mass is 35.5. The maximum absolute atomic E-state index is 12.2. The lowest BCUT2D eigenvalue weighted by Crippen LogP contribution is -2.32. The van der Waals surface area contributed by atoms with Gasteiger partial charge >= 0.3 is 7.60 Å². The van der Waals surface area contributed by atoms with Gasteiger partial charge in [-0.25, -0.2) is 4.98 Å². The number of aromatic nitrogens is 4. The third kappa shape index (κ3) is 5.94. The molecule has 214 valence electrons. The lowest BCUT2D eigenvalue weighted by atomic mass is 10.0. The van der Waals surface area contributed by atoms with Crippen molar-refractivity contribution >= 4 is 60.0 Å². The van der Waals surface area contributed by atoms with Gasteiger partial charge in [0.25, 0.3) is 0 Å². The average molecular weight is 612 g/mol. The molecular weight excluding hydrogens is 584 g/mol. The third-order valence-electron chi connectivity index (χ3n) is 6.89.